The van der Waals surface area contributed by atoms with Gasteiger partial charge in [0.25, 0.3) is 0 Å². The number of esters is 1. The number of carbonyl (C=O) groups is 2. The monoisotopic (exact) mass is 272 g/mol. The highest BCUT2D eigenvalue weighted by atomic mass is 16.6. The molecule has 6 heteroatoms. The average molecular weight is 272 g/mol. The van der Waals surface area contributed by atoms with Crippen LogP contribution in [0, 0.1) is 11.8 Å². The maximum atomic E-state index is 11.6. The summed E-state index contributed by atoms with van der Waals surface area (Å²) in [6, 6.07) is 0. The first-order valence-corrected chi connectivity index (χ1v) is 6.59. The molecule has 1 fully saturated rings. The number of rotatable bonds is 3. The van der Waals surface area contributed by atoms with Crippen molar-refractivity contribution in [1.82, 2.24) is 10.6 Å². The van der Waals surface area contributed by atoms with Gasteiger partial charge < -0.3 is 20.1 Å². The first kappa shape index (κ1) is 15.8. The highest BCUT2D eigenvalue weighted by molar-refractivity contribution is 5.73. The zero-order chi connectivity index (χ0) is 14.5. The van der Waals surface area contributed by atoms with Gasteiger partial charge in [-0.05, 0) is 39.7 Å². The maximum Gasteiger partial charge on any atom is 0.407 e. The van der Waals surface area contributed by atoms with E-state index in [2.05, 4.69) is 10.6 Å². The lowest BCUT2D eigenvalue weighted by Gasteiger charge is -2.30. The molecule has 0 saturated carbocycles. The van der Waals surface area contributed by atoms with Crippen LogP contribution in [0.5, 0.6) is 0 Å². The van der Waals surface area contributed by atoms with Crippen molar-refractivity contribution < 1.29 is 19.1 Å². The Bertz CT molecular complexity index is 325. The minimum atomic E-state index is -0.514. The van der Waals surface area contributed by atoms with Crippen LogP contribution in [0.1, 0.15) is 27.2 Å². The summed E-state index contributed by atoms with van der Waals surface area (Å²) in [6.07, 6.45) is 0.380. The molecule has 2 atom stereocenters. The van der Waals surface area contributed by atoms with Crippen molar-refractivity contribution in [2.75, 3.05) is 26.7 Å². The standard InChI is InChI=1S/C13H24N2O4/c1-13(2,3)19-12(17)15-7-9-5-6-14-8-10(9)11(16)18-4/h9-10,14H,5-8H2,1-4H3,(H,15,17)/t9-,10-/m0/s1. The average Bonchev–Trinajstić information content (AvgIpc) is 2.33. The molecule has 0 aromatic rings. The van der Waals surface area contributed by atoms with Crippen molar-refractivity contribution in [3.05, 3.63) is 0 Å². The molecule has 0 radical (unpaired) electrons. The summed E-state index contributed by atoms with van der Waals surface area (Å²) in [4.78, 5) is 23.2. The number of amides is 1. The molecule has 1 aliphatic rings. The minimum absolute atomic E-state index is 0.0845. The highest BCUT2D eigenvalue weighted by Gasteiger charge is 2.32. The molecular formula is C13H24N2O4. The molecule has 2 N–H and O–H groups in total. The van der Waals surface area contributed by atoms with Crippen LogP contribution in [-0.4, -0.2) is 44.4 Å². The van der Waals surface area contributed by atoms with E-state index in [-0.39, 0.29) is 17.8 Å². The normalized spacial score (nSPS) is 23.6. The van der Waals surface area contributed by atoms with Gasteiger partial charge in [-0.25, -0.2) is 4.79 Å². The van der Waals surface area contributed by atoms with Crippen LogP contribution in [0.15, 0.2) is 0 Å². The molecule has 1 aliphatic heterocycles. The number of piperidine rings is 1. The van der Waals surface area contributed by atoms with Gasteiger partial charge in [0.15, 0.2) is 0 Å². The van der Waals surface area contributed by atoms with Gasteiger partial charge in [0.1, 0.15) is 5.60 Å². The SMILES string of the molecule is COC(=O)[C@H]1CNCC[C@H]1CNC(=O)OC(C)(C)C. The van der Waals surface area contributed by atoms with Crippen LogP contribution in [0.3, 0.4) is 0 Å². The number of carbonyl (C=O) groups excluding carboxylic acids is 2. The third-order valence-electron chi connectivity index (χ3n) is 3.04. The van der Waals surface area contributed by atoms with Crippen LogP contribution in [0.4, 0.5) is 4.79 Å². The molecule has 6 nitrogen and oxygen atoms in total. The van der Waals surface area contributed by atoms with Crippen LogP contribution >= 0.6 is 0 Å². The third-order valence-corrected chi connectivity index (χ3v) is 3.04. The predicted molar refractivity (Wildman–Crippen MR) is 70.7 cm³/mol. The van der Waals surface area contributed by atoms with Gasteiger partial charge in [0, 0.05) is 13.1 Å². The largest absolute Gasteiger partial charge is 0.469 e. The van der Waals surface area contributed by atoms with E-state index in [1.807, 2.05) is 20.8 Å². The van der Waals surface area contributed by atoms with Crippen LogP contribution < -0.4 is 10.6 Å². The van der Waals surface area contributed by atoms with E-state index in [4.69, 9.17) is 9.47 Å². The zero-order valence-corrected chi connectivity index (χ0v) is 12.1. The summed E-state index contributed by atoms with van der Waals surface area (Å²) in [6.45, 7) is 7.30. The molecule has 19 heavy (non-hydrogen) atoms. The lowest BCUT2D eigenvalue weighted by atomic mass is 9.86. The summed E-state index contributed by atoms with van der Waals surface area (Å²) >= 11 is 0. The Labute approximate surface area is 114 Å². The van der Waals surface area contributed by atoms with Crippen LogP contribution in [-0.2, 0) is 14.3 Å². The second-order valence-electron chi connectivity index (χ2n) is 5.77. The molecule has 0 spiro atoms. The number of hydrogen-bond donors (Lipinski definition) is 2. The molecule has 1 rings (SSSR count). The van der Waals surface area contributed by atoms with Crippen molar-refractivity contribution in [2.24, 2.45) is 11.8 Å². The first-order valence-electron chi connectivity index (χ1n) is 6.59. The zero-order valence-electron chi connectivity index (χ0n) is 12.1. The van der Waals surface area contributed by atoms with Crippen molar-refractivity contribution in [3.63, 3.8) is 0 Å². The van der Waals surface area contributed by atoms with Crippen molar-refractivity contribution in [1.29, 1.82) is 0 Å². The summed E-state index contributed by atoms with van der Waals surface area (Å²) < 4.78 is 9.95. The Morgan fingerprint density at radius 2 is 2.05 bits per heavy atom. The molecule has 1 amide bonds. The highest BCUT2D eigenvalue weighted by Crippen LogP contribution is 2.20. The summed E-state index contributed by atoms with van der Waals surface area (Å²) in [5.41, 5.74) is -0.514. The fourth-order valence-corrected chi connectivity index (χ4v) is 2.11. The van der Waals surface area contributed by atoms with E-state index in [1.54, 1.807) is 0 Å². The van der Waals surface area contributed by atoms with E-state index >= 15 is 0 Å². The van der Waals surface area contributed by atoms with Gasteiger partial charge in [-0.2, -0.15) is 0 Å². The molecule has 1 heterocycles. The number of nitrogens with one attached hydrogen (secondary N) is 2. The van der Waals surface area contributed by atoms with Gasteiger partial charge in [0.2, 0.25) is 0 Å². The topological polar surface area (TPSA) is 76.7 Å². The van der Waals surface area contributed by atoms with Gasteiger partial charge in [-0.3, -0.25) is 4.79 Å². The molecule has 1 saturated heterocycles. The number of hydrogen-bond acceptors (Lipinski definition) is 5. The Balaban J connectivity index is 2.45. The van der Waals surface area contributed by atoms with Gasteiger partial charge in [0.05, 0.1) is 13.0 Å². The molecule has 0 unspecified atom stereocenters. The van der Waals surface area contributed by atoms with Crippen LogP contribution in [0.25, 0.3) is 0 Å². The minimum Gasteiger partial charge on any atom is -0.469 e. The van der Waals surface area contributed by atoms with E-state index in [0.717, 1.165) is 13.0 Å². The second-order valence-corrected chi connectivity index (χ2v) is 5.77. The quantitative estimate of drug-likeness (QED) is 0.747. The van der Waals surface area contributed by atoms with Crippen molar-refractivity contribution >= 4 is 12.1 Å². The molecule has 0 aliphatic carbocycles. The first-order chi connectivity index (χ1) is 8.83. The lowest BCUT2D eigenvalue weighted by molar-refractivity contribution is -0.148. The fraction of sp³-hybridized carbons (Fsp3) is 0.846. The van der Waals surface area contributed by atoms with Crippen LogP contribution in [0.2, 0.25) is 0 Å². The molecule has 0 aromatic carbocycles. The van der Waals surface area contributed by atoms with Gasteiger partial charge in [-0.1, -0.05) is 0 Å². The fourth-order valence-electron chi connectivity index (χ4n) is 2.11. The Morgan fingerprint density at radius 1 is 1.37 bits per heavy atom. The van der Waals surface area contributed by atoms with E-state index < -0.39 is 11.7 Å². The summed E-state index contributed by atoms with van der Waals surface area (Å²) in [5, 5.41) is 5.88. The van der Waals surface area contributed by atoms with Gasteiger partial charge in [-0.15, -0.1) is 0 Å². The smallest absolute Gasteiger partial charge is 0.407 e. The Hall–Kier alpha value is -1.30. The summed E-state index contributed by atoms with van der Waals surface area (Å²) in [7, 11) is 1.38. The van der Waals surface area contributed by atoms with E-state index in [1.165, 1.54) is 7.11 Å². The third kappa shape index (κ3) is 5.46. The summed E-state index contributed by atoms with van der Waals surface area (Å²) in [5.74, 6) is -0.363. The van der Waals surface area contributed by atoms with E-state index in [9.17, 15) is 9.59 Å². The Kier molecular flexibility index (Phi) is 5.60. The molecule has 110 valence electrons. The number of ether oxygens (including phenoxy) is 2. The second kappa shape index (κ2) is 6.75. The number of methoxy groups -OCH3 is 1. The number of alkyl carbamates (subject to hydrolysis) is 1. The predicted octanol–water partition coefficient (Wildman–Crippen LogP) is 0.910. The molecule has 0 aromatic heterocycles. The van der Waals surface area contributed by atoms with Gasteiger partial charge >= 0.3 is 12.1 Å². The molecule has 0 bridgehead atoms. The van der Waals surface area contributed by atoms with Crippen molar-refractivity contribution in [2.45, 2.75) is 32.8 Å². The van der Waals surface area contributed by atoms with Crippen molar-refractivity contribution in [3.8, 4) is 0 Å². The molecular weight excluding hydrogens is 248 g/mol. The Morgan fingerprint density at radius 3 is 2.63 bits per heavy atom. The maximum absolute atomic E-state index is 11.6. The lowest BCUT2D eigenvalue weighted by Crippen LogP contribution is -2.46. The van der Waals surface area contributed by atoms with E-state index in [0.29, 0.717) is 13.1 Å².